The normalized spacial score (nSPS) is 21.4. The molecule has 1 fully saturated rings. The van der Waals surface area contributed by atoms with E-state index in [2.05, 4.69) is 23.0 Å². The highest BCUT2D eigenvalue weighted by Gasteiger charge is 2.25. The zero-order valence-corrected chi connectivity index (χ0v) is 10.0. The van der Waals surface area contributed by atoms with Crippen molar-refractivity contribution in [3.8, 4) is 0 Å². The van der Waals surface area contributed by atoms with Crippen molar-refractivity contribution in [2.45, 2.75) is 25.8 Å². The van der Waals surface area contributed by atoms with Crippen LogP contribution < -0.4 is 5.43 Å². The van der Waals surface area contributed by atoms with Crippen LogP contribution in [0.1, 0.15) is 31.5 Å². The van der Waals surface area contributed by atoms with Crippen LogP contribution in [0.2, 0.25) is 0 Å². The lowest BCUT2D eigenvalue weighted by Gasteiger charge is -2.21. The van der Waals surface area contributed by atoms with Gasteiger partial charge in [-0.25, -0.2) is 0 Å². The second kappa shape index (κ2) is 4.04. The van der Waals surface area contributed by atoms with Gasteiger partial charge in [0.05, 0.1) is 11.7 Å². The number of H-pyrrole nitrogens is 1. The van der Waals surface area contributed by atoms with Gasteiger partial charge < -0.3 is 9.38 Å². The molecule has 1 atom stereocenters. The summed E-state index contributed by atoms with van der Waals surface area (Å²) in [5, 5.41) is 0. The molecule has 0 bridgehead atoms. The first-order chi connectivity index (χ1) is 8.28. The molecule has 0 aromatic carbocycles. The van der Waals surface area contributed by atoms with Crippen LogP contribution in [-0.2, 0) is 0 Å². The highest BCUT2D eigenvalue weighted by atomic mass is 16.1. The maximum absolute atomic E-state index is 11.3. The average Bonchev–Trinajstić information content (AvgIpc) is 2.93. The molecule has 1 saturated heterocycles. The van der Waals surface area contributed by atoms with E-state index in [1.54, 1.807) is 12.1 Å². The smallest absolute Gasteiger partial charge is 0.183 e. The molecule has 2 aromatic heterocycles. The van der Waals surface area contributed by atoms with Crippen molar-refractivity contribution in [3.05, 3.63) is 40.4 Å². The molecule has 2 aromatic rings. The van der Waals surface area contributed by atoms with E-state index in [1.807, 2.05) is 10.6 Å². The summed E-state index contributed by atoms with van der Waals surface area (Å²) >= 11 is 0. The largest absolute Gasteiger partial charge is 0.342 e. The maximum Gasteiger partial charge on any atom is 0.183 e. The third kappa shape index (κ3) is 1.78. The molecule has 0 saturated carbocycles. The fourth-order valence-corrected chi connectivity index (χ4v) is 2.76. The minimum atomic E-state index is 0.0529. The van der Waals surface area contributed by atoms with Gasteiger partial charge in [-0.15, -0.1) is 0 Å². The Kier molecular flexibility index (Phi) is 2.52. The molecule has 90 valence electrons. The van der Waals surface area contributed by atoms with Gasteiger partial charge in [-0.1, -0.05) is 6.92 Å². The Morgan fingerprint density at radius 3 is 3.24 bits per heavy atom. The Hall–Kier alpha value is -1.55. The average molecular weight is 231 g/mol. The number of pyridine rings is 1. The van der Waals surface area contributed by atoms with Crippen LogP contribution in [0.3, 0.4) is 0 Å². The van der Waals surface area contributed by atoms with E-state index in [1.165, 1.54) is 25.1 Å². The van der Waals surface area contributed by atoms with Crippen molar-refractivity contribution in [2.75, 3.05) is 13.1 Å². The lowest BCUT2D eigenvalue weighted by molar-refractivity contribution is 0.268. The lowest BCUT2D eigenvalue weighted by Crippen LogP contribution is -2.22. The minimum Gasteiger partial charge on any atom is -0.342 e. The number of aromatic nitrogens is 2. The van der Waals surface area contributed by atoms with Crippen molar-refractivity contribution in [1.29, 1.82) is 0 Å². The van der Waals surface area contributed by atoms with Crippen molar-refractivity contribution in [2.24, 2.45) is 0 Å². The number of imidazole rings is 1. The Morgan fingerprint density at radius 2 is 2.41 bits per heavy atom. The van der Waals surface area contributed by atoms with Crippen LogP contribution >= 0.6 is 0 Å². The zero-order chi connectivity index (χ0) is 11.8. The van der Waals surface area contributed by atoms with Crippen molar-refractivity contribution in [1.82, 2.24) is 14.3 Å². The monoisotopic (exact) mass is 231 g/mol. The molecule has 3 heterocycles. The van der Waals surface area contributed by atoms with Gasteiger partial charge in [-0.2, -0.15) is 0 Å². The van der Waals surface area contributed by atoms with Crippen LogP contribution in [0.5, 0.6) is 0 Å². The molecule has 0 amide bonds. The van der Waals surface area contributed by atoms with Gasteiger partial charge in [0.2, 0.25) is 0 Å². The summed E-state index contributed by atoms with van der Waals surface area (Å²) in [5.41, 5.74) is 2.16. The fraction of sp³-hybridized carbons (Fsp3) is 0.462. The Labute approximate surface area is 99.9 Å². The number of rotatable bonds is 2. The molecule has 1 N–H and O–H groups in total. The first-order valence-electron chi connectivity index (χ1n) is 6.23. The topological polar surface area (TPSA) is 40.5 Å². The number of fused-ring (bicyclic) bond motifs is 1. The highest BCUT2D eigenvalue weighted by molar-refractivity contribution is 5.40. The first kappa shape index (κ1) is 10.6. The van der Waals surface area contributed by atoms with Crippen molar-refractivity contribution < 1.29 is 0 Å². The molecular weight excluding hydrogens is 214 g/mol. The number of hydrogen-bond acceptors (Lipinski definition) is 2. The Bertz CT molecular complexity index is 584. The molecule has 0 radical (unpaired) electrons. The first-order valence-corrected chi connectivity index (χ1v) is 6.23. The van der Waals surface area contributed by atoms with Crippen LogP contribution in [0.25, 0.3) is 5.65 Å². The van der Waals surface area contributed by atoms with Crippen molar-refractivity contribution >= 4 is 5.65 Å². The summed E-state index contributed by atoms with van der Waals surface area (Å²) in [4.78, 5) is 17.1. The van der Waals surface area contributed by atoms with E-state index in [9.17, 15) is 4.79 Å². The van der Waals surface area contributed by atoms with Crippen LogP contribution in [0.4, 0.5) is 0 Å². The summed E-state index contributed by atoms with van der Waals surface area (Å²) < 4.78 is 1.99. The fourth-order valence-electron chi connectivity index (χ4n) is 2.76. The van der Waals surface area contributed by atoms with Crippen LogP contribution in [0.15, 0.2) is 29.3 Å². The number of likely N-dealkylation sites (tertiary alicyclic amines) is 1. The third-order valence-corrected chi connectivity index (χ3v) is 3.64. The van der Waals surface area contributed by atoms with Gasteiger partial charge >= 0.3 is 0 Å². The molecule has 4 heteroatoms. The number of nitrogens with zero attached hydrogens (tertiary/aromatic N) is 2. The summed E-state index contributed by atoms with van der Waals surface area (Å²) in [6.45, 7) is 4.45. The third-order valence-electron chi connectivity index (χ3n) is 3.64. The minimum absolute atomic E-state index is 0.0529. The molecule has 0 aliphatic carbocycles. The summed E-state index contributed by atoms with van der Waals surface area (Å²) in [7, 11) is 0. The van der Waals surface area contributed by atoms with E-state index < -0.39 is 0 Å². The van der Waals surface area contributed by atoms with Gasteiger partial charge in [0, 0.05) is 24.5 Å². The standard InChI is InChI=1S/C13H17N3O/c1-2-15-6-3-4-12(15)11-9-16-7-5-10(17)8-13(16)14-11/h5,7-9,12,14H,2-4,6H2,1H3. The summed E-state index contributed by atoms with van der Waals surface area (Å²) in [6.07, 6.45) is 6.38. The number of nitrogens with one attached hydrogen (secondary N) is 1. The van der Waals surface area contributed by atoms with Crippen LogP contribution in [0, 0.1) is 0 Å². The predicted molar refractivity (Wildman–Crippen MR) is 67.2 cm³/mol. The van der Waals surface area contributed by atoms with E-state index in [-0.39, 0.29) is 5.43 Å². The lowest BCUT2D eigenvalue weighted by atomic mass is 10.1. The molecule has 3 rings (SSSR count). The quantitative estimate of drug-likeness (QED) is 0.856. The molecule has 4 nitrogen and oxygen atoms in total. The van der Waals surface area contributed by atoms with Gasteiger partial charge in [-0.3, -0.25) is 9.69 Å². The SMILES string of the molecule is CCN1CCCC1c1cn2ccc(=O)cc2[nH]1. The zero-order valence-electron chi connectivity index (χ0n) is 10.0. The predicted octanol–water partition coefficient (Wildman–Crippen LogP) is 1.78. The summed E-state index contributed by atoms with van der Waals surface area (Å²) in [5.74, 6) is 0. The number of hydrogen-bond donors (Lipinski definition) is 1. The van der Waals surface area contributed by atoms with Gasteiger partial charge in [0.1, 0.15) is 5.65 Å². The molecule has 1 aliphatic heterocycles. The highest BCUT2D eigenvalue weighted by Crippen LogP contribution is 2.30. The Balaban J connectivity index is 2.03. The van der Waals surface area contributed by atoms with Gasteiger partial charge in [-0.05, 0) is 25.9 Å². The molecule has 0 spiro atoms. The molecular formula is C13H17N3O. The van der Waals surface area contributed by atoms with Gasteiger partial charge in [0.25, 0.3) is 0 Å². The Morgan fingerprint density at radius 1 is 1.53 bits per heavy atom. The van der Waals surface area contributed by atoms with Gasteiger partial charge in [0.15, 0.2) is 5.43 Å². The van der Waals surface area contributed by atoms with E-state index >= 15 is 0 Å². The molecule has 1 unspecified atom stereocenters. The van der Waals surface area contributed by atoms with Crippen molar-refractivity contribution in [3.63, 3.8) is 0 Å². The second-order valence-electron chi connectivity index (χ2n) is 4.65. The maximum atomic E-state index is 11.3. The van der Waals surface area contributed by atoms with E-state index in [0.717, 1.165) is 12.2 Å². The molecule has 17 heavy (non-hydrogen) atoms. The second-order valence-corrected chi connectivity index (χ2v) is 4.65. The van der Waals surface area contributed by atoms with E-state index in [0.29, 0.717) is 6.04 Å². The van der Waals surface area contributed by atoms with E-state index in [4.69, 9.17) is 0 Å². The summed E-state index contributed by atoms with van der Waals surface area (Å²) in [6, 6.07) is 3.72. The van der Waals surface area contributed by atoms with Crippen LogP contribution in [-0.4, -0.2) is 27.4 Å². The molecule has 1 aliphatic rings. The number of aromatic amines is 1.